The molecule has 0 amide bonds. The molecule has 0 aliphatic carbocycles. The summed E-state index contributed by atoms with van der Waals surface area (Å²) in [4.78, 5) is 5.92. The third kappa shape index (κ3) is 3.22. The number of rotatable bonds is 3. The number of aromatic nitrogens is 2. The highest BCUT2D eigenvalue weighted by Crippen LogP contribution is 2.32. The van der Waals surface area contributed by atoms with Gasteiger partial charge in [-0.15, -0.1) is 0 Å². The van der Waals surface area contributed by atoms with E-state index in [4.69, 9.17) is 0 Å². The van der Waals surface area contributed by atoms with Crippen LogP contribution in [-0.4, -0.2) is 43.6 Å². The van der Waals surface area contributed by atoms with Crippen LogP contribution in [0.5, 0.6) is 0 Å². The second-order valence-corrected chi connectivity index (χ2v) is 8.27. The van der Waals surface area contributed by atoms with Crippen LogP contribution in [0.15, 0.2) is 53.7 Å². The number of piperazine rings is 1. The number of alkyl halides is 3. The van der Waals surface area contributed by atoms with Crippen molar-refractivity contribution in [2.24, 2.45) is 0 Å². The number of fused-ring (bicyclic) bond motifs is 1. The van der Waals surface area contributed by atoms with E-state index in [-0.39, 0.29) is 0 Å². The minimum atomic E-state index is -4.63. The van der Waals surface area contributed by atoms with Crippen LogP contribution in [0.4, 0.5) is 18.9 Å². The van der Waals surface area contributed by atoms with E-state index in [0.29, 0.717) is 17.1 Å². The minimum Gasteiger partial charge on any atom is -0.367 e. The van der Waals surface area contributed by atoms with Crippen LogP contribution in [0.25, 0.3) is 11.0 Å². The largest absolute Gasteiger partial charge is 0.416 e. The second-order valence-electron chi connectivity index (χ2n) is 6.45. The zero-order chi connectivity index (χ0) is 19.9. The molecule has 148 valence electrons. The summed E-state index contributed by atoms with van der Waals surface area (Å²) in [5, 5.41) is 3.25. The van der Waals surface area contributed by atoms with E-state index in [0.717, 1.165) is 60.4 Å². The Morgan fingerprint density at radius 3 is 2.46 bits per heavy atom. The highest BCUT2D eigenvalue weighted by molar-refractivity contribution is 7.90. The molecule has 0 saturated carbocycles. The van der Waals surface area contributed by atoms with E-state index in [9.17, 15) is 21.6 Å². The molecule has 1 saturated heterocycles. The summed E-state index contributed by atoms with van der Waals surface area (Å²) in [6, 6.07) is 8.90. The zero-order valence-electron chi connectivity index (χ0n) is 14.6. The number of anilines is 1. The number of nitrogens with zero attached hydrogens (tertiary/aromatic N) is 3. The molecule has 0 unspecified atom stereocenters. The van der Waals surface area contributed by atoms with Crippen molar-refractivity contribution in [3.05, 3.63) is 54.4 Å². The molecule has 28 heavy (non-hydrogen) atoms. The highest BCUT2D eigenvalue weighted by Gasteiger charge is 2.32. The molecule has 0 spiro atoms. The van der Waals surface area contributed by atoms with Gasteiger partial charge in [0.25, 0.3) is 10.0 Å². The van der Waals surface area contributed by atoms with Gasteiger partial charge in [0.05, 0.1) is 21.7 Å². The van der Waals surface area contributed by atoms with Crippen molar-refractivity contribution in [2.45, 2.75) is 11.1 Å². The summed E-state index contributed by atoms with van der Waals surface area (Å²) < 4.78 is 65.9. The normalized spacial score (nSPS) is 15.9. The van der Waals surface area contributed by atoms with E-state index in [1.807, 2.05) is 6.07 Å². The lowest BCUT2D eigenvalue weighted by Crippen LogP contribution is -2.43. The summed E-state index contributed by atoms with van der Waals surface area (Å²) in [7, 11) is -4.23. The molecule has 3 aromatic rings. The van der Waals surface area contributed by atoms with Gasteiger partial charge in [-0.2, -0.15) is 13.2 Å². The van der Waals surface area contributed by atoms with Crippen molar-refractivity contribution in [3.8, 4) is 0 Å². The van der Waals surface area contributed by atoms with Crippen LogP contribution in [0.3, 0.4) is 0 Å². The van der Waals surface area contributed by atoms with Gasteiger partial charge in [-0.1, -0.05) is 12.1 Å². The first-order chi connectivity index (χ1) is 13.3. The molecule has 1 aliphatic rings. The maximum absolute atomic E-state index is 13.0. The fourth-order valence-corrected chi connectivity index (χ4v) is 4.63. The molecule has 1 fully saturated rings. The summed E-state index contributed by atoms with van der Waals surface area (Å²) >= 11 is 0. The molecule has 1 aromatic heterocycles. The highest BCUT2D eigenvalue weighted by atomic mass is 32.2. The average Bonchev–Trinajstić information content (AvgIpc) is 3.13. The van der Waals surface area contributed by atoms with Gasteiger partial charge < -0.3 is 10.2 Å². The first-order valence-electron chi connectivity index (χ1n) is 8.63. The van der Waals surface area contributed by atoms with Crippen molar-refractivity contribution >= 4 is 26.7 Å². The first-order valence-corrected chi connectivity index (χ1v) is 10.1. The Labute approximate surface area is 159 Å². The Balaban J connectivity index is 1.81. The number of imidazole rings is 1. The summed E-state index contributed by atoms with van der Waals surface area (Å²) in [5.41, 5.74) is 0.616. The molecule has 1 N–H and O–H groups in total. The van der Waals surface area contributed by atoms with Crippen LogP contribution < -0.4 is 10.2 Å². The standard InChI is InChI=1S/C18H17F3N4O2S/c19-18(20,21)13-3-1-4-14(11-13)28(26,27)25-12-23-17-15(5-2-6-16(17)25)24-9-7-22-8-10-24/h1-6,11-12,22H,7-10H2. The van der Waals surface area contributed by atoms with E-state index >= 15 is 0 Å². The number of hydrogen-bond donors (Lipinski definition) is 1. The third-order valence-corrected chi connectivity index (χ3v) is 6.36. The van der Waals surface area contributed by atoms with Crippen molar-refractivity contribution in [1.29, 1.82) is 0 Å². The average molecular weight is 410 g/mol. The number of halogens is 3. The molecule has 10 heteroatoms. The van der Waals surface area contributed by atoms with Crippen molar-refractivity contribution in [2.75, 3.05) is 31.1 Å². The molecule has 2 heterocycles. The van der Waals surface area contributed by atoms with Crippen molar-refractivity contribution < 1.29 is 21.6 Å². The quantitative estimate of drug-likeness (QED) is 0.719. The van der Waals surface area contributed by atoms with Gasteiger partial charge in [-0.05, 0) is 30.3 Å². The smallest absolute Gasteiger partial charge is 0.367 e. The van der Waals surface area contributed by atoms with Gasteiger partial charge in [0.2, 0.25) is 0 Å². The molecule has 0 atom stereocenters. The van der Waals surface area contributed by atoms with Crippen molar-refractivity contribution in [1.82, 2.24) is 14.3 Å². The molecular formula is C18H17F3N4O2S. The molecule has 1 aliphatic heterocycles. The van der Waals surface area contributed by atoms with Gasteiger partial charge >= 0.3 is 6.18 Å². The van der Waals surface area contributed by atoms with Gasteiger partial charge in [-0.25, -0.2) is 17.4 Å². The predicted octanol–water partition coefficient (Wildman–Crippen LogP) is 2.70. The Kier molecular flexibility index (Phi) is 4.54. The fraction of sp³-hybridized carbons (Fsp3) is 0.278. The minimum absolute atomic E-state index is 0.327. The predicted molar refractivity (Wildman–Crippen MR) is 98.8 cm³/mol. The lowest BCUT2D eigenvalue weighted by atomic mass is 10.2. The summed E-state index contributed by atoms with van der Waals surface area (Å²) in [6.45, 7) is 3.12. The van der Waals surface area contributed by atoms with E-state index in [1.165, 1.54) is 0 Å². The Morgan fingerprint density at radius 2 is 1.75 bits per heavy atom. The maximum Gasteiger partial charge on any atom is 0.416 e. The van der Waals surface area contributed by atoms with Gasteiger partial charge in [0.1, 0.15) is 11.8 Å². The molecule has 0 bridgehead atoms. The number of para-hydroxylation sites is 1. The summed E-state index contributed by atoms with van der Waals surface area (Å²) in [6.07, 6.45) is -3.48. The fourth-order valence-electron chi connectivity index (χ4n) is 3.30. The van der Waals surface area contributed by atoms with Crippen LogP contribution in [0, 0.1) is 0 Å². The number of benzene rings is 2. The molecule has 0 radical (unpaired) electrons. The number of nitrogens with one attached hydrogen (secondary N) is 1. The molecular weight excluding hydrogens is 393 g/mol. The van der Waals surface area contributed by atoms with Crippen molar-refractivity contribution in [3.63, 3.8) is 0 Å². The maximum atomic E-state index is 13.0. The van der Waals surface area contributed by atoms with Gasteiger partial charge in [0.15, 0.2) is 0 Å². The Hall–Kier alpha value is -2.59. The first kappa shape index (κ1) is 18.8. The van der Waals surface area contributed by atoms with E-state index < -0.39 is 26.7 Å². The third-order valence-electron chi connectivity index (χ3n) is 4.70. The lowest BCUT2D eigenvalue weighted by Gasteiger charge is -2.29. The number of hydrogen-bond acceptors (Lipinski definition) is 5. The van der Waals surface area contributed by atoms with Crippen LogP contribution in [0.1, 0.15) is 5.56 Å². The topological polar surface area (TPSA) is 67.2 Å². The van der Waals surface area contributed by atoms with E-state index in [2.05, 4.69) is 15.2 Å². The van der Waals surface area contributed by atoms with Gasteiger partial charge in [-0.3, -0.25) is 0 Å². The lowest BCUT2D eigenvalue weighted by molar-refractivity contribution is -0.137. The van der Waals surface area contributed by atoms with E-state index in [1.54, 1.807) is 12.1 Å². The zero-order valence-corrected chi connectivity index (χ0v) is 15.5. The second kappa shape index (κ2) is 6.78. The molecule has 4 rings (SSSR count). The Bertz CT molecular complexity index is 1120. The molecule has 6 nitrogen and oxygen atoms in total. The monoisotopic (exact) mass is 410 g/mol. The van der Waals surface area contributed by atoms with Crippen LogP contribution in [-0.2, 0) is 16.2 Å². The van der Waals surface area contributed by atoms with Crippen LogP contribution >= 0.6 is 0 Å². The Morgan fingerprint density at radius 1 is 1.04 bits per heavy atom. The van der Waals surface area contributed by atoms with Gasteiger partial charge in [0, 0.05) is 26.2 Å². The SMILES string of the molecule is O=S(=O)(c1cccc(C(F)(F)F)c1)n1cnc2c(N3CCNCC3)cccc21. The molecule has 2 aromatic carbocycles. The summed E-state index contributed by atoms with van der Waals surface area (Å²) in [5.74, 6) is 0. The van der Waals surface area contributed by atoms with Crippen LogP contribution in [0.2, 0.25) is 0 Å².